The summed E-state index contributed by atoms with van der Waals surface area (Å²) in [5.74, 6) is 0.129. The zero-order valence-electron chi connectivity index (χ0n) is 14.2. The van der Waals surface area contributed by atoms with Crippen LogP contribution in [0.15, 0.2) is 22.9 Å². The molecule has 0 aromatic carbocycles. The topological polar surface area (TPSA) is 107 Å². The van der Waals surface area contributed by atoms with Crippen LogP contribution in [0, 0.1) is 13.8 Å². The summed E-state index contributed by atoms with van der Waals surface area (Å²) in [6.45, 7) is 4.93. The number of pyridine rings is 1. The van der Waals surface area contributed by atoms with Gasteiger partial charge < -0.3 is 24.4 Å². The van der Waals surface area contributed by atoms with Crippen molar-refractivity contribution in [1.29, 1.82) is 0 Å². The van der Waals surface area contributed by atoms with E-state index in [9.17, 15) is 9.90 Å². The maximum atomic E-state index is 12.4. The van der Waals surface area contributed by atoms with Crippen LogP contribution < -0.4 is 5.32 Å². The van der Waals surface area contributed by atoms with Crippen molar-refractivity contribution in [2.24, 2.45) is 0 Å². The van der Waals surface area contributed by atoms with Gasteiger partial charge in [-0.3, -0.25) is 4.79 Å². The van der Waals surface area contributed by atoms with Gasteiger partial charge in [0, 0.05) is 18.4 Å². The number of carbonyl (C=O) groups is 1. The molecule has 0 bridgehead atoms. The molecule has 2 aromatic heterocycles. The lowest BCUT2D eigenvalue weighted by Gasteiger charge is -2.32. The molecule has 3 rings (SSSR count). The van der Waals surface area contributed by atoms with Crippen molar-refractivity contribution in [3.8, 4) is 5.75 Å². The van der Waals surface area contributed by atoms with Crippen molar-refractivity contribution < 1.29 is 23.9 Å². The van der Waals surface area contributed by atoms with Gasteiger partial charge in [-0.25, -0.2) is 4.98 Å². The fraction of sp³-hybridized carbons (Fsp3) is 0.471. The van der Waals surface area contributed by atoms with E-state index in [0.29, 0.717) is 32.0 Å². The SMILES string of the molecule is Cc1noc(C)c1CO[C@@H]1COCC[C@H]1NC(=O)c1ncccc1O. The Morgan fingerprint density at radius 1 is 1.48 bits per heavy atom. The van der Waals surface area contributed by atoms with Crippen LogP contribution in [0.1, 0.15) is 33.9 Å². The number of hydrogen-bond donors (Lipinski definition) is 2. The number of aryl methyl sites for hydroxylation is 2. The number of nitrogens with zero attached hydrogens (tertiary/aromatic N) is 2. The number of nitrogens with one attached hydrogen (secondary N) is 1. The highest BCUT2D eigenvalue weighted by Gasteiger charge is 2.29. The normalized spacial score (nSPS) is 20.4. The van der Waals surface area contributed by atoms with Gasteiger partial charge in [-0.05, 0) is 32.4 Å². The Bertz CT molecular complexity index is 726. The van der Waals surface area contributed by atoms with E-state index >= 15 is 0 Å². The van der Waals surface area contributed by atoms with E-state index < -0.39 is 5.91 Å². The standard InChI is InChI=1S/C17H21N3O5/c1-10-12(11(2)25-20-10)8-24-15-9-23-7-5-13(15)19-17(22)16-14(21)4-3-6-18-16/h3-4,6,13,15,21H,5,7-9H2,1-2H3,(H,19,22)/t13-,15-/m1/s1. The predicted octanol–water partition coefficient (Wildman–Crippen LogP) is 1.50. The van der Waals surface area contributed by atoms with E-state index in [-0.39, 0.29) is 23.6 Å². The molecule has 8 heteroatoms. The first-order chi connectivity index (χ1) is 12.1. The summed E-state index contributed by atoms with van der Waals surface area (Å²) in [4.78, 5) is 16.3. The summed E-state index contributed by atoms with van der Waals surface area (Å²) in [7, 11) is 0. The number of amides is 1. The molecule has 2 aromatic rings. The minimum atomic E-state index is -0.434. The molecular formula is C17H21N3O5. The first kappa shape index (κ1) is 17.4. The van der Waals surface area contributed by atoms with Gasteiger partial charge in [0.05, 0.1) is 24.9 Å². The highest BCUT2D eigenvalue weighted by atomic mass is 16.5. The number of aromatic nitrogens is 2. The second-order valence-electron chi connectivity index (χ2n) is 5.97. The molecule has 0 spiro atoms. The van der Waals surface area contributed by atoms with Crippen molar-refractivity contribution >= 4 is 5.91 Å². The molecule has 1 fully saturated rings. The maximum absolute atomic E-state index is 12.4. The Morgan fingerprint density at radius 3 is 3.04 bits per heavy atom. The molecule has 134 valence electrons. The Kier molecular flexibility index (Phi) is 5.30. The van der Waals surface area contributed by atoms with Gasteiger partial charge in [0.15, 0.2) is 5.69 Å². The van der Waals surface area contributed by atoms with Gasteiger partial charge in [-0.15, -0.1) is 0 Å². The summed E-state index contributed by atoms with van der Waals surface area (Å²) >= 11 is 0. The zero-order chi connectivity index (χ0) is 17.8. The minimum Gasteiger partial charge on any atom is -0.505 e. The van der Waals surface area contributed by atoms with Gasteiger partial charge >= 0.3 is 0 Å². The van der Waals surface area contributed by atoms with Gasteiger partial charge in [-0.2, -0.15) is 0 Å². The molecule has 8 nitrogen and oxygen atoms in total. The van der Waals surface area contributed by atoms with Crippen LogP contribution in [0.4, 0.5) is 0 Å². The first-order valence-electron chi connectivity index (χ1n) is 8.12. The minimum absolute atomic E-state index is 0.00142. The zero-order valence-corrected chi connectivity index (χ0v) is 14.2. The van der Waals surface area contributed by atoms with E-state index in [0.717, 1.165) is 11.3 Å². The molecule has 0 saturated carbocycles. The summed E-state index contributed by atoms with van der Waals surface area (Å²) in [6, 6.07) is 2.76. The summed E-state index contributed by atoms with van der Waals surface area (Å²) in [6.07, 6.45) is 1.77. The number of carbonyl (C=O) groups excluding carboxylic acids is 1. The van der Waals surface area contributed by atoms with E-state index in [1.165, 1.54) is 12.3 Å². The second kappa shape index (κ2) is 7.62. The average Bonchev–Trinajstić information content (AvgIpc) is 2.93. The Labute approximate surface area is 145 Å². The van der Waals surface area contributed by atoms with Crippen molar-refractivity contribution in [3.63, 3.8) is 0 Å². The first-order valence-corrected chi connectivity index (χ1v) is 8.12. The Balaban J connectivity index is 1.65. The van der Waals surface area contributed by atoms with Crippen LogP contribution in [0.5, 0.6) is 5.75 Å². The van der Waals surface area contributed by atoms with Crippen LogP contribution in [-0.2, 0) is 16.1 Å². The third-order valence-electron chi connectivity index (χ3n) is 4.25. The predicted molar refractivity (Wildman–Crippen MR) is 87.1 cm³/mol. The van der Waals surface area contributed by atoms with Crippen LogP contribution >= 0.6 is 0 Å². The molecular weight excluding hydrogens is 326 g/mol. The van der Waals surface area contributed by atoms with Gasteiger partial charge in [0.1, 0.15) is 17.6 Å². The molecule has 1 saturated heterocycles. The van der Waals surface area contributed by atoms with Crippen LogP contribution in [0.3, 0.4) is 0 Å². The number of rotatable bonds is 5. The molecule has 2 atom stereocenters. The second-order valence-corrected chi connectivity index (χ2v) is 5.97. The van der Waals surface area contributed by atoms with E-state index in [1.54, 1.807) is 6.07 Å². The lowest BCUT2D eigenvalue weighted by molar-refractivity contribution is -0.0739. The highest BCUT2D eigenvalue weighted by molar-refractivity contribution is 5.94. The monoisotopic (exact) mass is 347 g/mol. The number of ether oxygens (including phenoxy) is 2. The van der Waals surface area contributed by atoms with E-state index in [2.05, 4.69) is 15.5 Å². The van der Waals surface area contributed by atoms with Gasteiger partial charge in [0.2, 0.25) is 0 Å². The molecule has 3 heterocycles. The third-order valence-corrected chi connectivity index (χ3v) is 4.25. The van der Waals surface area contributed by atoms with E-state index in [4.69, 9.17) is 14.0 Å². The highest BCUT2D eigenvalue weighted by Crippen LogP contribution is 2.19. The maximum Gasteiger partial charge on any atom is 0.274 e. The van der Waals surface area contributed by atoms with Crippen molar-refractivity contribution in [1.82, 2.24) is 15.5 Å². The van der Waals surface area contributed by atoms with Crippen molar-refractivity contribution in [2.45, 2.75) is 39.0 Å². The van der Waals surface area contributed by atoms with Crippen molar-refractivity contribution in [2.75, 3.05) is 13.2 Å². The molecule has 25 heavy (non-hydrogen) atoms. The van der Waals surface area contributed by atoms with Crippen molar-refractivity contribution in [3.05, 3.63) is 41.0 Å². The number of aromatic hydroxyl groups is 1. The largest absolute Gasteiger partial charge is 0.505 e. The average molecular weight is 347 g/mol. The van der Waals surface area contributed by atoms with Gasteiger partial charge in [0.25, 0.3) is 5.91 Å². The lowest BCUT2D eigenvalue weighted by Crippen LogP contribution is -2.50. The van der Waals surface area contributed by atoms with Crippen LogP contribution in [0.25, 0.3) is 0 Å². The summed E-state index contributed by atoms with van der Waals surface area (Å²) in [5, 5.41) is 16.6. The quantitative estimate of drug-likeness (QED) is 0.844. The smallest absolute Gasteiger partial charge is 0.274 e. The molecule has 2 N–H and O–H groups in total. The molecule has 1 amide bonds. The lowest BCUT2D eigenvalue weighted by atomic mass is 10.1. The molecule has 0 aliphatic carbocycles. The van der Waals surface area contributed by atoms with E-state index in [1.807, 2.05) is 13.8 Å². The molecule has 0 unspecified atom stereocenters. The number of hydrogen-bond acceptors (Lipinski definition) is 7. The van der Waals surface area contributed by atoms with Gasteiger partial charge in [-0.1, -0.05) is 5.16 Å². The van der Waals surface area contributed by atoms with Crippen LogP contribution in [-0.4, -0.2) is 46.5 Å². The molecule has 0 radical (unpaired) electrons. The molecule has 1 aliphatic rings. The molecule has 1 aliphatic heterocycles. The third kappa shape index (κ3) is 3.97. The Morgan fingerprint density at radius 2 is 2.32 bits per heavy atom. The summed E-state index contributed by atoms with van der Waals surface area (Å²) in [5.41, 5.74) is 1.68. The fourth-order valence-electron chi connectivity index (χ4n) is 2.75. The van der Waals surface area contributed by atoms with Crippen LogP contribution in [0.2, 0.25) is 0 Å². The summed E-state index contributed by atoms with van der Waals surface area (Å²) < 4.78 is 16.5. The Hall–Kier alpha value is -2.45. The fourth-order valence-corrected chi connectivity index (χ4v) is 2.75.